The fourth-order valence-electron chi connectivity index (χ4n) is 6.46. The van der Waals surface area contributed by atoms with E-state index in [1.165, 1.54) is 66.0 Å². The molecule has 0 fully saturated rings. The summed E-state index contributed by atoms with van der Waals surface area (Å²) in [6.07, 6.45) is 13.0. The Hall–Kier alpha value is -7.81. The molecule has 0 saturated carbocycles. The lowest BCUT2D eigenvalue weighted by atomic mass is 10.0. The molecule has 0 bridgehead atoms. The maximum absolute atomic E-state index is 13.3. The van der Waals surface area contributed by atoms with Gasteiger partial charge in [0.1, 0.15) is 16.2 Å². The van der Waals surface area contributed by atoms with Crippen LogP contribution in [0.5, 0.6) is 0 Å². The summed E-state index contributed by atoms with van der Waals surface area (Å²) in [5, 5.41) is 33.7. The molecule has 63 heavy (non-hydrogen) atoms. The van der Waals surface area contributed by atoms with Crippen LogP contribution in [0.1, 0.15) is 56.8 Å². The Labute approximate surface area is 365 Å². The number of benzene rings is 2. The van der Waals surface area contributed by atoms with Crippen LogP contribution in [0, 0.1) is 34.3 Å². The number of pyridine rings is 4. The zero-order valence-corrected chi connectivity index (χ0v) is 35.2. The molecule has 6 heterocycles. The summed E-state index contributed by atoms with van der Waals surface area (Å²) in [5.41, 5.74) is 4.13. The van der Waals surface area contributed by atoms with Crippen LogP contribution < -0.4 is 10.6 Å². The lowest BCUT2D eigenvalue weighted by molar-refractivity contribution is 0.0930. The first kappa shape index (κ1) is 43.3. The SMILES string of the molecule is CS(=O)(=O)c1cc([C@H](CC#N)NC(=O)c2cncc3c2cnn3-c2ccc(F)cc2)ccn1.N#CC[C@H](NC(=O)c1cncc2c1cnn2-c1ccc(F)cc1)c1ccnc(Br)c1. The van der Waals surface area contributed by atoms with Crippen LogP contribution in [0.3, 0.4) is 0 Å². The van der Waals surface area contributed by atoms with Crippen molar-refractivity contribution in [1.29, 1.82) is 10.5 Å². The van der Waals surface area contributed by atoms with Gasteiger partial charge in [-0.1, -0.05) is 0 Å². The molecule has 314 valence electrons. The number of hydrogen-bond acceptors (Lipinski definition) is 12. The van der Waals surface area contributed by atoms with Crippen molar-refractivity contribution in [3.05, 3.63) is 161 Å². The molecule has 2 atom stereocenters. The maximum Gasteiger partial charge on any atom is 0.254 e. The summed E-state index contributed by atoms with van der Waals surface area (Å²) in [5.74, 6) is -1.61. The molecule has 16 nitrogen and oxygen atoms in total. The van der Waals surface area contributed by atoms with Gasteiger partial charge < -0.3 is 10.6 Å². The average Bonchev–Trinajstić information content (AvgIpc) is 3.92. The van der Waals surface area contributed by atoms with Crippen molar-refractivity contribution in [3.63, 3.8) is 0 Å². The first-order chi connectivity index (χ1) is 30.3. The van der Waals surface area contributed by atoms with Crippen molar-refractivity contribution in [2.24, 2.45) is 0 Å². The standard InChI is InChI=1S/C22H17FN6O3S.C21H14BrFN6O/c1-33(31,32)21-10-14(7-9-26-21)19(6-8-24)28-22(30)18-11-25-13-20-17(18)12-27-29(20)16-4-2-15(23)3-5-16;22-20-9-13(6-8-26-20)18(5-7-24)28-21(30)17-10-25-12-19-16(17)11-27-29(19)15-3-1-14(23)2-4-15/h2-5,7,9-13,19H,6H2,1H3,(H,28,30);1-4,6,8-12,18H,5H2,(H,28,30)/t19-;18-/m00/s1. The van der Waals surface area contributed by atoms with Gasteiger partial charge in [0.15, 0.2) is 14.9 Å². The number of aromatic nitrogens is 8. The van der Waals surface area contributed by atoms with Crippen molar-refractivity contribution < 1.29 is 26.8 Å². The van der Waals surface area contributed by atoms with Gasteiger partial charge in [0.2, 0.25) is 0 Å². The Kier molecular flexibility index (Phi) is 12.9. The highest BCUT2D eigenvalue weighted by Gasteiger charge is 2.23. The molecule has 8 aromatic rings. The van der Waals surface area contributed by atoms with Crippen molar-refractivity contribution in [1.82, 2.24) is 50.1 Å². The van der Waals surface area contributed by atoms with Gasteiger partial charge in [-0.25, -0.2) is 36.5 Å². The quantitative estimate of drug-likeness (QED) is 0.127. The summed E-state index contributed by atoms with van der Waals surface area (Å²) < 4.78 is 53.9. The van der Waals surface area contributed by atoms with Crippen molar-refractivity contribution in [2.45, 2.75) is 30.0 Å². The second-order valence-electron chi connectivity index (χ2n) is 13.7. The van der Waals surface area contributed by atoms with E-state index in [4.69, 9.17) is 0 Å². The molecule has 8 rings (SSSR count). The smallest absolute Gasteiger partial charge is 0.254 e. The molecule has 6 aromatic heterocycles. The van der Waals surface area contributed by atoms with Gasteiger partial charge >= 0.3 is 0 Å². The molecule has 0 radical (unpaired) electrons. The second-order valence-corrected chi connectivity index (χ2v) is 16.5. The number of halogens is 3. The predicted molar refractivity (Wildman–Crippen MR) is 228 cm³/mol. The van der Waals surface area contributed by atoms with Gasteiger partial charge in [0.05, 0.1) is 95.4 Å². The number of amides is 2. The van der Waals surface area contributed by atoms with Crippen LogP contribution in [-0.4, -0.2) is 66.0 Å². The Balaban J connectivity index is 0.000000190. The number of hydrogen-bond donors (Lipinski definition) is 2. The summed E-state index contributed by atoms with van der Waals surface area (Å²) in [6.45, 7) is 0. The lowest BCUT2D eigenvalue weighted by Crippen LogP contribution is -2.28. The first-order valence-electron chi connectivity index (χ1n) is 18.6. The van der Waals surface area contributed by atoms with Crippen LogP contribution >= 0.6 is 15.9 Å². The number of fused-ring (bicyclic) bond motifs is 2. The highest BCUT2D eigenvalue weighted by Crippen LogP contribution is 2.26. The van der Waals surface area contributed by atoms with E-state index in [1.807, 2.05) is 6.07 Å². The molecule has 0 spiro atoms. The van der Waals surface area contributed by atoms with Gasteiger partial charge in [0.25, 0.3) is 11.8 Å². The molecule has 2 N–H and O–H groups in total. The van der Waals surface area contributed by atoms with E-state index in [1.54, 1.807) is 65.7 Å². The maximum atomic E-state index is 13.3. The van der Waals surface area contributed by atoms with E-state index in [9.17, 15) is 37.3 Å². The van der Waals surface area contributed by atoms with Crippen LogP contribution in [0.25, 0.3) is 33.2 Å². The Bertz CT molecular complexity index is 3190. The molecule has 0 aliphatic heterocycles. The topological polar surface area (TPSA) is 227 Å². The number of nitriles is 2. The minimum Gasteiger partial charge on any atom is -0.344 e. The monoisotopic (exact) mass is 928 g/mol. The number of nitrogens with zero attached hydrogens (tertiary/aromatic N) is 10. The van der Waals surface area contributed by atoms with Crippen molar-refractivity contribution >= 4 is 59.4 Å². The number of nitrogens with one attached hydrogen (secondary N) is 2. The fourth-order valence-corrected chi connectivity index (χ4v) is 7.44. The van der Waals surface area contributed by atoms with Gasteiger partial charge in [-0.3, -0.25) is 19.6 Å². The van der Waals surface area contributed by atoms with Crippen molar-refractivity contribution in [3.8, 4) is 23.5 Å². The second kappa shape index (κ2) is 18.8. The largest absolute Gasteiger partial charge is 0.344 e. The molecule has 0 aliphatic rings. The zero-order chi connectivity index (χ0) is 44.7. The van der Waals surface area contributed by atoms with E-state index in [0.29, 0.717) is 48.9 Å². The van der Waals surface area contributed by atoms with Gasteiger partial charge in [0, 0.05) is 41.8 Å². The third-order valence-corrected chi connectivity index (χ3v) is 10.9. The normalized spacial score (nSPS) is 12.0. The van der Waals surface area contributed by atoms with E-state index >= 15 is 0 Å². The fraction of sp³-hybridized carbons (Fsp3) is 0.116. The van der Waals surface area contributed by atoms with E-state index in [-0.39, 0.29) is 41.0 Å². The Morgan fingerprint density at radius 3 is 1.56 bits per heavy atom. The summed E-state index contributed by atoms with van der Waals surface area (Å²) in [4.78, 5) is 42.3. The average molecular weight is 930 g/mol. The van der Waals surface area contributed by atoms with E-state index < -0.39 is 27.8 Å². The molecule has 0 unspecified atom stereocenters. The summed E-state index contributed by atoms with van der Waals surface area (Å²) in [7, 11) is -3.56. The van der Waals surface area contributed by atoms with Crippen molar-refractivity contribution in [2.75, 3.05) is 6.26 Å². The van der Waals surface area contributed by atoms with Gasteiger partial charge in [-0.2, -0.15) is 20.7 Å². The molecule has 2 aromatic carbocycles. The van der Waals surface area contributed by atoms with Crippen LogP contribution in [0.15, 0.2) is 132 Å². The van der Waals surface area contributed by atoms with Gasteiger partial charge in [-0.05, 0) is 99.9 Å². The molecular formula is C43H31BrF2N12O4S. The molecule has 0 saturated heterocycles. The van der Waals surface area contributed by atoms with Crippen LogP contribution in [0.2, 0.25) is 0 Å². The number of sulfone groups is 1. The molecule has 2 amide bonds. The number of carbonyl (C=O) groups is 2. The van der Waals surface area contributed by atoms with Gasteiger partial charge in [-0.15, -0.1) is 0 Å². The van der Waals surface area contributed by atoms with Crippen LogP contribution in [-0.2, 0) is 9.84 Å². The minimum atomic E-state index is -3.56. The third kappa shape index (κ3) is 9.89. The summed E-state index contributed by atoms with van der Waals surface area (Å²) >= 11 is 3.30. The van der Waals surface area contributed by atoms with Crippen LogP contribution in [0.4, 0.5) is 8.78 Å². The predicted octanol–water partition coefficient (Wildman–Crippen LogP) is 6.84. The molecule has 0 aliphatic carbocycles. The minimum absolute atomic E-state index is 0.0861. The molecular weight excluding hydrogens is 899 g/mol. The number of rotatable bonds is 11. The third-order valence-electron chi connectivity index (χ3n) is 9.52. The zero-order valence-electron chi connectivity index (χ0n) is 32.8. The Morgan fingerprint density at radius 2 is 1.13 bits per heavy atom. The van der Waals surface area contributed by atoms with E-state index in [0.717, 1.165) is 11.8 Å². The Morgan fingerprint density at radius 1 is 0.683 bits per heavy atom. The highest BCUT2D eigenvalue weighted by molar-refractivity contribution is 9.10. The first-order valence-corrected chi connectivity index (χ1v) is 21.3. The van der Waals surface area contributed by atoms with E-state index in [2.05, 4.69) is 62.8 Å². The molecule has 20 heteroatoms. The summed E-state index contributed by atoms with van der Waals surface area (Å²) in [6, 6.07) is 20.8. The number of carbonyl (C=O) groups excluding carboxylic acids is 2. The lowest BCUT2D eigenvalue weighted by Gasteiger charge is -2.17. The highest BCUT2D eigenvalue weighted by atomic mass is 79.9.